The summed E-state index contributed by atoms with van der Waals surface area (Å²) in [4.78, 5) is 34.7. The molecule has 0 aliphatic carbocycles. The van der Waals surface area contributed by atoms with Crippen LogP contribution in [0.5, 0.6) is 0 Å². The zero-order valence-corrected chi connectivity index (χ0v) is 12.8. The smallest absolute Gasteiger partial charge is 0.437 e. The van der Waals surface area contributed by atoms with Crippen LogP contribution in [0.4, 0.5) is 0 Å². The molecule has 0 radical (unpaired) electrons. The minimum atomic E-state index is -0.771. The Hall–Kier alpha value is -2.90. The molecule has 1 aromatic heterocycles. The maximum atomic E-state index is 11.7. The van der Waals surface area contributed by atoms with Gasteiger partial charge in [0.25, 0.3) is 5.91 Å². The molecule has 2 rings (SSSR count). The van der Waals surface area contributed by atoms with E-state index in [9.17, 15) is 14.4 Å². The summed E-state index contributed by atoms with van der Waals surface area (Å²) in [5.41, 5.74) is 0.619. The quantitative estimate of drug-likeness (QED) is 0.781. The molecule has 23 heavy (non-hydrogen) atoms. The normalized spacial score (nSPS) is 10.6. The summed E-state index contributed by atoms with van der Waals surface area (Å²) in [6.45, 7) is 2.75. The minimum absolute atomic E-state index is 0.0483. The molecule has 1 N–H and O–H groups in total. The van der Waals surface area contributed by atoms with Crippen molar-refractivity contribution >= 4 is 11.9 Å². The van der Waals surface area contributed by atoms with Gasteiger partial charge in [0.15, 0.2) is 6.61 Å². The number of amides is 1. The van der Waals surface area contributed by atoms with Gasteiger partial charge >= 0.3 is 11.7 Å². The molecule has 0 saturated heterocycles. The van der Waals surface area contributed by atoms with Crippen LogP contribution in [0.15, 0.2) is 39.5 Å². The highest BCUT2D eigenvalue weighted by molar-refractivity contribution is 5.80. The summed E-state index contributed by atoms with van der Waals surface area (Å²) in [5, 5.41) is 6.51. The fourth-order valence-corrected chi connectivity index (χ4v) is 1.78. The van der Waals surface area contributed by atoms with Gasteiger partial charge in [-0.25, -0.2) is 4.79 Å². The van der Waals surface area contributed by atoms with E-state index in [0.29, 0.717) is 5.56 Å². The molecule has 122 valence electrons. The van der Waals surface area contributed by atoms with Gasteiger partial charge in [-0.2, -0.15) is 4.68 Å². The van der Waals surface area contributed by atoms with Crippen LogP contribution in [0, 0.1) is 0 Å². The first-order valence-corrected chi connectivity index (χ1v) is 7.04. The third kappa shape index (κ3) is 4.80. The Morgan fingerprint density at radius 3 is 2.65 bits per heavy atom. The van der Waals surface area contributed by atoms with Gasteiger partial charge in [-0.1, -0.05) is 18.2 Å². The Bertz CT molecular complexity index is 733. The number of benzene rings is 1. The Kier molecular flexibility index (Phi) is 5.29. The van der Waals surface area contributed by atoms with Gasteiger partial charge in [0.1, 0.15) is 6.54 Å². The van der Waals surface area contributed by atoms with Crippen LogP contribution in [0.2, 0.25) is 0 Å². The molecular weight excluding hydrogens is 302 g/mol. The number of hydrogen-bond donors (Lipinski definition) is 1. The molecule has 0 fully saturated rings. The van der Waals surface area contributed by atoms with Crippen molar-refractivity contribution in [2.24, 2.45) is 0 Å². The lowest BCUT2D eigenvalue weighted by atomic mass is 10.2. The number of carbonyl (C=O) groups is 2. The summed E-state index contributed by atoms with van der Waals surface area (Å²) in [6, 6.07) is 8.77. The van der Waals surface area contributed by atoms with Crippen molar-refractivity contribution in [3.63, 3.8) is 0 Å². The Balaban J connectivity index is 1.95. The number of ether oxygens (including phenoxy) is 1. The molecule has 0 bridgehead atoms. The largest absolute Gasteiger partial charge is 0.454 e. The third-order valence-electron chi connectivity index (χ3n) is 2.72. The van der Waals surface area contributed by atoms with Crippen molar-refractivity contribution in [1.82, 2.24) is 15.1 Å². The van der Waals surface area contributed by atoms with E-state index in [2.05, 4.69) is 10.4 Å². The van der Waals surface area contributed by atoms with E-state index in [0.717, 1.165) is 4.68 Å². The first-order valence-electron chi connectivity index (χ1n) is 7.04. The molecule has 1 heterocycles. The number of aromatic nitrogens is 2. The molecule has 0 atom stereocenters. The monoisotopic (exact) mass is 319 g/mol. The zero-order chi connectivity index (χ0) is 16.8. The van der Waals surface area contributed by atoms with Crippen LogP contribution in [-0.2, 0) is 20.9 Å². The number of carbonyl (C=O) groups excluding carboxylic acids is 2. The summed E-state index contributed by atoms with van der Waals surface area (Å²) >= 11 is 0. The lowest BCUT2D eigenvalue weighted by Crippen LogP contribution is -2.34. The topological polar surface area (TPSA) is 103 Å². The average molecular weight is 319 g/mol. The first kappa shape index (κ1) is 16.5. The Morgan fingerprint density at radius 1 is 1.30 bits per heavy atom. The second-order valence-corrected chi connectivity index (χ2v) is 5.08. The highest BCUT2D eigenvalue weighted by atomic mass is 16.5. The van der Waals surface area contributed by atoms with E-state index in [4.69, 9.17) is 9.15 Å². The lowest BCUT2D eigenvalue weighted by Gasteiger charge is -2.08. The van der Waals surface area contributed by atoms with E-state index in [1.807, 2.05) is 6.07 Å². The Morgan fingerprint density at radius 2 is 2.00 bits per heavy atom. The molecule has 0 spiro atoms. The van der Waals surface area contributed by atoms with Crippen LogP contribution in [0.1, 0.15) is 13.8 Å². The van der Waals surface area contributed by atoms with Crippen LogP contribution in [0.3, 0.4) is 0 Å². The number of esters is 1. The molecule has 0 aliphatic rings. The molecule has 2 aromatic rings. The molecule has 8 nitrogen and oxygen atoms in total. The summed E-state index contributed by atoms with van der Waals surface area (Å²) in [7, 11) is 0. The van der Waals surface area contributed by atoms with Crippen molar-refractivity contribution < 1.29 is 18.7 Å². The second-order valence-electron chi connectivity index (χ2n) is 5.08. The third-order valence-corrected chi connectivity index (χ3v) is 2.72. The van der Waals surface area contributed by atoms with Crippen LogP contribution in [-0.4, -0.2) is 34.3 Å². The van der Waals surface area contributed by atoms with E-state index < -0.39 is 30.8 Å². The summed E-state index contributed by atoms with van der Waals surface area (Å²) in [6.07, 6.45) is 0. The predicted molar refractivity (Wildman–Crippen MR) is 80.4 cm³/mol. The second kappa shape index (κ2) is 7.39. The summed E-state index contributed by atoms with van der Waals surface area (Å²) < 4.78 is 10.6. The van der Waals surface area contributed by atoms with Gasteiger partial charge in [0.05, 0.1) is 0 Å². The van der Waals surface area contributed by atoms with E-state index in [1.165, 1.54) is 0 Å². The van der Waals surface area contributed by atoms with Crippen molar-refractivity contribution in [2.45, 2.75) is 26.4 Å². The van der Waals surface area contributed by atoms with Gasteiger partial charge in [-0.3, -0.25) is 9.59 Å². The van der Waals surface area contributed by atoms with E-state index in [1.54, 1.807) is 38.1 Å². The predicted octanol–water partition coefficient (Wildman–Crippen LogP) is 0.571. The van der Waals surface area contributed by atoms with Gasteiger partial charge in [0.2, 0.25) is 5.89 Å². The number of hydrogen-bond acceptors (Lipinski definition) is 6. The number of nitrogens with zero attached hydrogens (tertiary/aromatic N) is 2. The molecule has 1 aromatic carbocycles. The molecule has 0 aliphatic heterocycles. The summed E-state index contributed by atoms with van der Waals surface area (Å²) in [5.74, 6) is -1.82. The first-order chi connectivity index (χ1) is 11.0. The van der Waals surface area contributed by atoms with Crippen molar-refractivity contribution in [3.05, 3.63) is 40.9 Å². The fourth-order valence-electron chi connectivity index (χ4n) is 1.78. The SMILES string of the molecule is CC(C)NC(=O)COC(=O)Cn1nc(-c2ccccc2)oc1=O. The molecular formula is C15H17N3O5. The van der Waals surface area contributed by atoms with Crippen LogP contribution < -0.4 is 11.1 Å². The van der Waals surface area contributed by atoms with Gasteiger partial charge < -0.3 is 14.5 Å². The molecule has 8 heteroatoms. The van der Waals surface area contributed by atoms with Crippen molar-refractivity contribution in [2.75, 3.05) is 6.61 Å². The van der Waals surface area contributed by atoms with Gasteiger partial charge in [-0.05, 0) is 26.0 Å². The zero-order valence-electron chi connectivity index (χ0n) is 12.8. The molecule has 1 amide bonds. The average Bonchev–Trinajstić information content (AvgIpc) is 2.86. The highest BCUT2D eigenvalue weighted by Crippen LogP contribution is 2.13. The maximum Gasteiger partial charge on any atom is 0.437 e. The molecule has 0 saturated carbocycles. The number of nitrogens with one attached hydrogen (secondary N) is 1. The maximum absolute atomic E-state index is 11.7. The molecule has 0 unspecified atom stereocenters. The van der Waals surface area contributed by atoms with E-state index >= 15 is 0 Å². The van der Waals surface area contributed by atoms with E-state index in [-0.39, 0.29) is 11.9 Å². The van der Waals surface area contributed by atoms with Gasteiger partial charge in [-0.15, -0.1) is 5.10 Å². The Labute approximate surface area is 132 Å². The lowest BCUT2D eigenvalue weighted by molar-refractivity contribution is -0.149. The van der Waals surface area contributed by atoms with Crippen LogP contribution >= 0.6 is 0 Å². The van der Waals surface area contributed by atoms with Crippen molar-refractivity contribution in [1.29, 1.82) is 0 Å². The van der Waals surface area contributed by atoms with Crippen LogP contribution in [0.25, 0.3) is 11.5 Å². The van der Waals surface area contributed by atoms with Gasteiger partial charge in [0, 0.05) is 11.6 Å². The standard InChI is InChI=1S/C15H17N3O5/c1-10(2)16-12(19)9-22-13(20)8-18-15(21)23-14(17-18)11-6-4-3-5-7-11/h3-7,10H,8-9H2,1-2H3,(H,16,19). The number of rotatable bonds is 6. The van der Waals surface area contributed by atoms with Crippen molar-refractivity contribution in [3.8, 4) is 11.5 Å². The minimum Gasteiger partial charge on any atom is -0.454 e. The fraction of sp³-hybridized carbons (Fsp3) is 0.333. The highest BCUT2D eigenvalue weighted by Gasteiger charge is 2.15.